The lowest BCUT2D eigenvalue weighted by atomic mass is 10.2. The standard InChI is InChI=1S/C10H12BrN/c1-12-8-4-6-9-5-2-3-7-10(9)11/h2-7,12H,8H2,1H3/b6-4+. The predicted molar refractivity (Wildman–Crippen MR) is 57.1 cm³/mol. The zero-order valence-electron chi connectivity index (χ0n) is 7.05. The SMILES string of the molecule is CNC/C=C/c1ccccc1Br. The minimum atomic E-state index is 0.904. The first kappa shape index (κ1) is 9.49. The van der Waals surface area contributed by atoms with E-state index in [9.17, 15) is 0 Å². The Balaban J connectivity index is 2.68. The van der Waals surface area contributed by atoms with Crippen LogP contribution in [0.3, 0.4) is 0 Å². The molecule has 12 heavy (non-hydrogen) atoms. The third-order valence-electron chi connectivity index (χ3n) is 1.52. The molecule has 0 saturated heterocycles. The van der Waals surface area contributed by atoms with Crippen LogP contribution in [-0.2, 0) is 0 Å². The van der Waals surface area contributed by atoms with Gasteiger partial charge in [0.05, 0.1) is 0 Å². The van der Waals surface area contributed by atoms with Crippen LogP contribution in [0.2, 0.25) is 0 Å². The second-order valence-corrected chi connectivity index (χ2v) is 3.34. The summed E-state index contributed by atoms with van der Waals surface area (Å²) in [5.74, 6) is 0. The van der Waals surface area contributed by atoms with Crippen molar-refractivity contribution in [1.29, 1.82) is 0 Å². The molecule has 0 spiro atoms. The Hall–Kier alpha value is -0.600. The highest BCUT2D eigenvalue weighted by atomic mass is 79.9. The molecule has 0 radical (unpaired) electrons. The van der Waals surface area contributed by atoms with Crippen molar-refractivity contribution < 1.29 is 0 Å². The molecule has 1 N–H and O–H groups in total. The molecule has 0 unspecified atom stereocenters. The summed E-state index contributed by atoms with van der Waals surface area (Å²) in [5.41, 5.74) is 1.22. The van der Waals surface area contributed by atoms with Crippen LogP contribution in [0, 0.1) is 0 Å². The lowest BCUT2D eigenvalue weighted by Gasteiger charge is -1.96. The topological polar surface area (TPSA) is 12.0 Å². The van der Waals surface area contributed by atoms with Crippen LogP contribution in [-0.4, -0.2) is 13.6 Å². The average Bonchev–Trinajstić information content (AvgIpc) is 2.09. The predicted octanol–water partition coefficient (Wildman–Crippen LogP) is 2.68. The lowest BCUT2D eigenvalue weighted by molar-refractivity contribution is 0.922. The third kappa shape index (κ3) is 2.80. The normalized spacial score (nSPS) is 10.8. The van der Waals surface area contributed by atoms with Crippen molar-refractivity contribution in [3.63, 3.8) is 0 Å². The second kappa shape index (κ2) is 5.12. The average molecular weight is 226 g/mol. The molecule has 0 amide bonds. The molecule has 0 fully saturated rings. The number of hydrogen-bond donors (Lipinski definition) is 1. The highest BCUT2D eigenvalue weighted by Gasteiger charge is 1.90. The smallest absolute Gasteiger partial charge is 0.0247 e. The van der Waals surface area contributed by atoms with Crippen molar-refractivity contribution in [3.8, 4) is 0 Å². The van der Waals surface area contributed by atoms with Gasteiger partial charge in [0.2, 0.25) is 0 Å². The van der Waals surface area contributed by atoms with Gasteiger partial charge in [0.1, 0.15) is 0 Å². The van der Waals surface area contributed by atoms with Gasteiger partial charge in [-0.2, -0.15) is 0 Å². The molecule has 0 saturated carbocycles. The Labute approximate surface area is 81.6 Å². The van der Waals surface area contributed by atoms with Crippen molar-refractivity contribution >= 4 is 22.0 Å². The van der Waals surface area contributed by atoms with E-state index in [1.807, 2.05) is 25.2 Å². The first-order valence-corrected chi connectivity index (χ1v) is 4.69. The number of halogens is 1. The van der Waals surface area contributed by atoms with E-state index in [1.165, 1.54) is 5.56 Å². The zero-order chi connectivity index (χ0) is 8.81. The molecule has 0 aliphatic rings. The van der Waals surface area contributed by atoms with Gasteiger partial charge in [0.25, 0.3) is 0 Å². The van der Waals surface area contributed by atoms with E-state index in [1.54, 1.807) is 0 Å². The highest BCUT2D eigenvalue weighted by molar-refractivity contribution is 9.10. The van der Waals surface area contributed by atoms with Crippen LogP contribution in [0.5, 0.6) is 0 Å². The Morgan fingerprint density at radius 2 is 2.17 bits per heavy atom. The van der Waals surface area contributed by atoms with Crippen LogP contribution >= 0.6 is 15.9 Å². The van der Waals surface area contributed by atoms with Crippen molar-refractivity contribution in [2.45, 2.75) is 0 Å². The molecule has 1 nitrogen and oxygen atoms in total. The van der Waals surface area contributed by atoms with Gasteiger partial charge in [-0.1, -0.05) is 46.3 Å². The monoisotopic (exact) mass is 225 g/mol. The van der Waals surface area contributed by atoms with Gasteiger partial charge in [-0.15, -0.1) is 0 Å². The molecule has 0 atom stereocenters. The third-order valence-corrected chi connectivity index (χ3v) is 2.25. The molecule has 64 valence electrons. The summed E-state index contributed by atoms with van der Waals surface area (Å²) in [7, 11) is 1.93. The first-order chi connectivity index (χ1) is 5.84. The Morgan fingerprint density at radius 3 is 2.83 bits per heavy atom. The minimum absolute atomic E-state index is 0.904. The largest absolute Gasteiger partial charge is 0.316 e. The molecule has 1 aromatic rings. The van der Waals surface area contributed by atoms with Crippen LogP contribution in [0.4, 0.5) is 0 Å². The maximum absolute atomic E-state index is 3.48. The van der Waals surface area contributed by atoms with Gasteiger partial charge < -0.3 is 5.32 Å². The number of nitrogens with one attached hydrogen (secondary N) is 1. The molecule has 0 aliphatic heterocycles. The van der Waals surface area contributed by atoms with Crippen molar-refractivity contribution in [1.82, 2.24) is 5.32 Å². The number of rotatable bonds is 3. The molecule has 0 aromatic heterocycles. The highest BCUT2D eigenvalue weighted by Crippen LogP contribution is 2.16. The fourth-order valence-corrected chi connectivity index (χ4v) is 1.33. The van der Waals surface area contributed by atoms with Crippen LogP contribution in [0.15, 0.2) is 34.8 Å². The zero-order valence-corrected chi connectivity index (χ0v) is 8.64. The van der Waals surface area contributed by atoms with E-state index in [0.717, 1.165) is 11.0 Å². The van der Waals surface area contributed by atoms with Crippen LogP contribution in [0.25, 0.3) is 6.08 Å². The summed E-state index contributed by atoms with van der Waals surface area (Å²) in [6.45, 7) is 0.904. The molecule has 2 heteroatoms. The van der Waals surface area contributed by atoms with Crippen LogP contribution < -0.4 is 5.32 Å². The maximum Gasteiger partial charge on any atom is 0.0247 e. The van der Waals surface area contributed by atoms with E-state index in [2.05, 4.69) is 39.5 Å². The van der Waals surface area contributed by atoms with Crippen molar-refractivity contribution in [2.24, 2.45) is 0 Å². The van der Waals surface area contributed by atoms with Gasteiger partial charge in [-0.05, 0) is 18.7 Å². The fourth-order valence-electron chi connectivity index (χ4n) is 0.914. The van der Waals surface area contributed by atoms with E-state index >= 15 is 0 Å². The lowest BCUT2D eigenvalue weighted by Crippen LogP contribution is -2.03. The molecule has 1 aromatic carbocycles. The molecule has 0 bridgehead atoms. The number of hydrogen-bond acceptors (Lipinski definition) is 1. The Bertz CT molecular complexity index is 268. The summed E-state index contributed by atoms with van der Waals surface area (Å²) in [5, 5.41) is 3.06. The van der Waals surface area contributed by atoms with Crippen LogP contribution in [0.1, 0.15) is 5.56 Å². The molecular formula is C10H12BrN. The summed E-state index contributed by atoms with van der Waals surface area (Å²) in [6.07, 6.45) is 4.20. The Morgan fingerprint density at radius 1 is 1.42 bits per heavy atom. The minimum Gasteiger partial charge on any atom is -0.316 e. The van der Waals surface area contributed by atoms with E-state index in [4.69, 9.17) is 0 Å². The molecule has 0 heterocycles. The van der Waals surface area contributed by atoms with E-state index < -0.39 is 0 Å². The number of likely N-dealkylation sites (N-methyl/N-ethyl adjacent to an activating group) is 1. The van der Waals surface area contributed by atoms with Crippen molar-refractivity contribution in [3.05, 3.63) is 40.4 Å². The fraction of sp³-hybridized carbons (Fsp3) is 0.200. The van der Waals surface area contributed by atoms with Gasteiger partial charge in [-0.25, -0.2) is 0 Å². The number of benzene rings is 1. The van der Waals surface area contributed by atoms with E-state index in [0.29, 0.717) is 0 Å². The molecule has 1 rings (SSSR count). The van der Waals surface area contributed by atoms with E-state index in [-0.39, 0.29) is 0 Å². The van der Waals surface area contributed by atoms with Crippen molar-refractivity contribution in [2.75, 3.05) is 13.6 Å². The molecular weight excluding hydrogens is 214 g/mol. The van der Waals surface area contributed by atoms with Gasteiger partial charge >= 0.3 is 0 Å². The quantitative estimate of drug-likeness (QED) is 0.835. The summed E-state index contributed by atoms with van der Waals surface area (Å²) in [4.78, 5) is 0. The summed E-state index contributed by atoms with van der Waals surface area (Å²) < 4.78 is 1.14. The molecule has 0 aliphatic carbocycles. The summed E-state index contributed by atoms with van der Waals surface area (Å²) in [6, 6.07) is 8.17. The van der Waals surface area contributed by atoms with Gasteiger partial charge in [-0.3, -0.25) is 0 Å². The van der Waals surface area contributed by atoms with Gasteiger partial charge in [0.15, 0.2) is 0 Å². The first-order valence-electron chi connectivity index (χ1n) is 3.90. The Kier molecular flexibility index (Phi) is 4.05. The van der Waals surface area contributed by atoms with Gasteiger partial charge in [0, 0.05) is 11.0 Å². The second-order valence-electron chi connectivity index (χ2n) is 2.48. The summed E-state index contributed by atoms with van der Waals surface area (Å²) >= 11 is 3.48. The maximum atomic E-state index is 3.48.